The molecule has 0 saturated carbocycles. The third-order valence-electron chi connectivity index (χ3n) is 3.33. The number of rotatable bonds is 6. The van der Waals surface area contributed by atoms with Crippen molar-refractivity contribution in [2.45, 2.75) is 46.0 Å². The van der Waals surface area contributed by atoms with Gasteiger partial charge in [-0.05, 0) is 25.3 Å². The lowest BCUT2D eigenvalue weighted by Crippen LogP contribution is -1.87. The average molecular weight is 242 g/mol. The first-order chi connectivity index (χ1) is 8.81. The van der Waals surface area contributed by atoms with Crippen LogP contribution in [0.5, 0.6) is 0 Å². The van der Waals surface area contributed by atoms with Crippen LogP contribution in [-0.2, 0) is 6.42 Å². The Hall–Kier alpha value is -1.57. The van der Waals surface area contributed by atoms with Crippen LogP contribution in [0.3, 0.4) is 0 Å². The van der Waals surface area contributed by atoms with E-state index >= 15 is 0 Å². The predicted molar refractivity (Wildman–Crippen MR) is 76.6 cm³/mol. The summed E-state index contributed by atoms with van der Waals surface area (Å²) in [4.78, 5) is 7.93. The molecular formula is C16H22N2. The third kappa shape index (κ3) is 3.22. The minimum atomic E-state index is 0.999. The quantitative estimate of drug-likeness (QED) is 0.742. The highest BCUT2D eigenvalue weighted by molar-refractivity contribution is 5.59. The van der Waals surface area contributed by atoms with E-state index < -0.39 is 0 Å². The molecule has 0 aliphatic carbocycles. The maximum Gasteiger partial charge on any atom is 0.137 e. The maximum absolute atomic E-state index is 4.49. The Kier molecular flexibility index (Phi) is 4.57. The average Bonchev–Trinajstić information content (AvgIpc) is 2.84. The fraction of sp³-hybridized carbons (Fsp3) is 0.438. The molecule has 18 heavy (non-hydrogen) atoms. The number of aryl methyl sites for hydroxylation is 2. The van der Waals surface area contributed by atoms with E-state index in [-0.39, 0.29) is 0 Å². The fourth-order valence-corrected chi connectivity index (χ4v) is 2.20. The topological polar surface area (TPSA) is 28.7 Å². The van der Waals surface area contributed by atoms with Gasteiger partial charge in [-0.25, -0.2) is 4.98 Å². The van der Waals surface area contributed by atoms with Crippen LogP contribution in [0.15, 0.2) is 30.5 Å². The van der Waals surface area contributed by atoms with Crippen molar-refractivity contribution in [2.24, 2.45) is 0 Å². The second-order valence-electron chi connectivity index (χ2n) is 4.88. The van der Waals surface area contributed by atoms with Crippen LogP contribution >= 0.6 is 0 Å². The molecule has 0 unspecified atom stereocenters. The van der Waals surface area contributed by atoms with Crippen LogP contribution < -0.4 is 0 Å². The molecule has 0 spiro atoms. The number of hydrogen-bond donors (Lipinski definition) is 1. The summed E-state index contributed by atoms with van der Waals surface area (Å²) in [5, 5.41) is 0. The number of aromatic amines is 1. The molecule has 2 heteroatoms. The smallest absolute Gasteiger partial charge is 0.137 e. The standard InChI is InChI=1S/C16H22N2/c1-3-4-5-6-10-14-12-17-16(18-14)15-11-8-7-9-13(15)2/h7-9,11-12H,3-6,10H2,1-2H3,(H,17,18). The van der Waals surface area contributed by atoms with Gasteiger partial charge in [-0.15, -0.1) is 0 Å². The minimum absolute atomic E-state index is 0.999. The molecule has 2 nitrogen and oxygen atoms in total. The number of nitrogens with zero attached hydrogens (tertiary/aromatic N) is 1. The summed E-state index contributed by atoms with van der Waals surface area (Å²) in [6.07, 6.45) is 8.28. The van der Waals surface area contributed by atoms with Gasteiger partial charge in [0, 0.05) is 17.5 Å². The van der Waals surface area contributed by atoms with Crippen molar-refractivity contribution in [3.63, 3.8) is 0 Å². The number of aromatic nitrogens is 2. The van der Waals surface area contributed by atoms with E-state index in [1.807, 2.05) is 6.20 Å². The van der Waals surface area contributed by atoms with Gasteiger partial charge in [0.05, 0.1) is 0 Å². The third-order valence-corrected chi connectivity index (χ3v) is 3.33. The molecule has 2 rings (SSSR count). The number of nitrogens with one attached hydrogen (secondary N) is 1. The number of hydrogen-bond acceptors (Lipinski definition) is 1. The summed E-state index contributed by atoms with van der Waals surface area (Å²) in [5.41, 5.74) is 3.73. The second kappa shape index (κ2) is 6.39. The van der Waals surface area contributed by atoms with Gasteiger partial charge in [0.1, 0.15) is 5.82 Å². The lowest BCUT2D eigenvalue weighted by atomic mass is 10.1. The molecule has 0 aliphatic rings. The maximum atomic E-state index is 4.49. The van der Waals surface area contributed by atoms with Gasteiger partial charge in [0.15, 0.2) is 0 Å². The molecular weight excluding hydrogens is 220 g/mol. The summed E-state index contributed by atoms with van der Waals surface area (Å²) in [6.45, 7) is 4.37. The number of H-pyrrole nitrogens is 1. The van der Waals surface area contributed by atoms with Gasteiger partial charge in [-0.2, -0.15) is 0 Å². The minimum Gasteiger partial charge on any atom is -0.342 e. The molecule has 0 radical (unpaired) electrons. The Morgan fingerprint density at radius 1 is 1.11 bits per heavy atom. The van der Waals surface area contributed by atoms with Gasteiger partial charge in [-0.3, -0.25) is 0 Å². The molecule has 1 aromatic carbocycles. The summed E-state index contributed by atoms with van der Waals surface area (Å²) in [7, 11) is 0. The first-order valence-corrected chi connectivity index (χ1v) is 6.91. The van der Waals surface area contributed by atoms with E-state index in [9.17, 15) is 0 Å². The summed E-state index contributed by atoms with van der Waals surface area (Å²) >= 11 is 0. The highest BCUT2D eigenvalue weighted by atomic mass is 14.9. The molecule has 0 amide bonds. The van der Waals surface area contributed by atoms with E-state index in [0.29, 0.717) is 0 Å². The fourth-order valence-electron chi connectivity index (χ4n) is 2.20. The molecule has 0 aliphatic heterocycles. The van der Waals surface area contributed by atoms with Crippen LogP contribution in [0.2, 0.25) is 0 Å². The van der Waals surface area contributed by atoms with Crippen LogP contribution in [0.25, 0.3) is 11.4 Å². The molecule has 1 heterocycles. The molecule has 1 N–H and O–H groups in total. The lowest BCUT2D eigenvalue weighted by Gasteiger charge is -2.01. The van der Waals surface area contributed by atoms with Gasteiger partial charge in [-0.1, -0.05) is 50.5 Å². The molecule has 96 valence electrons. The van der Waals surface area contributed by atoms with Crippen LogP contribution in [0.1, 0.15) is 43.9 Å². The van der Waals surface area contributed by atoms with Gasteiger partial charge in [0.25, 0.3) is 0 Å². The van der Waals surface area contributed by atoms with Gasteiger partial charge in [0.2, 0.25) is 0 Å². The SMILES string of the molecule is CCCCCCc1cnc(-c2ccccc2C)[nH]1. The number of unbranched alkanes of at least 4 members (excludes halogenated alkanes) is 3. The highest BCUT2D eigenvalue weighted by Gasteiger charge is 2.05. The van der Waals surface area contributed by atoms with Crippen molar-refractivity contribution in [3.05, 3.63) is 41.7 Å². The summed E-state index contributed by atoms with van der Waals surface area (Å²) < 4.78 is 0. The van der Waals surface area contributed by atoms with Gasteiger partial charge < -0.3 is 4.98 Å². The zero-order valence-electron chi connectivity index (χ0n) is 11.4. The van der Waals surface area contributed by atoms with Crippen LogP contribution in [0.4, 0.5) is 0 Å². The first kappa shape index (κ1) is 12.9. The predicted octanol–water partition coefficient (Wildman–Crippen LogP) is 4.51. The second-order valence-corrected chi connectivity index (χ2v) is 4.88. The van der Waals surface area contributed by atoms with Crippen molar-refractivity contribution >= 4 is 0 Å². The van der Waals surface area contributed by atoms with Gasteiger partial charge >= 0.3 is 0 Å². The zero-order valence-corrected chi connectivity index (χ0v) is 11.4. The van der Waals surface area contributed by atoms with E-state index in [1.54, 1.807) is 0 Å². The zero-order chi connectivity index (χ0) is 12.8. The molecule has 1 aromatic heterocycles. The Labute approximate surface area is 109 Å². The van der Waals surface area contributed by atoms with Crippen molar-refractivity contribution in [1.82, 2.24) is 9.97 Å². The summed E-state index contributed by atoms with van der Waals surface area (Å²) in [6, 6.07) is 8.37. The van der Waals surface area contributed by atoms with E-state index in [2.05, 4.69) is 48.1 Å². The molecule has 0 atom stereocenters. The lowest BCUT2D eigenvalue weighted by molar-refractivity contribution is 0.662. The van der Waals surface area contributed by atoms with Crippen molar-refractivity contribution in [1.29, 1.82) is 0 Å². The van der Waals surface area contributed by atoms with E-state index in [1.165, 1.54) is 42.5 Å². The number of imidazole rings is 1. The largest absolute Gasteiger partial charge is 0.342 e. The van der Waals surface area contributed by atoms with Crippen LogP contribution in [-0.4, -0.2) is 9.97 Å². The Balaban J connectivity index is 2.00. The van der Waals surface area contributed by atoms with Crippen molar-refractivity contribution < 1.29 is 0 Å². The normalized spacial score (nSPS) is 10.8. The molecule has 2 aromatic rings. The Bertz CT molecular complexity index is 485. The molecule has 0 fully saturated rings. The van der Waals surface area contributed by atoms with Crippen LogP contribution in [0, 0.1) is 6.92 Å². The molecule has 0 saturated heterocycles. The Morgan fingerprint density at radius 2 is 1.94 bits per heavy atom. The monoisotopic (exact) mass is 242 g/mol. The first-order valence-electron chi connectivity index (χ1n) is 6.91. The van der Waals surface area contributed by atoms with E-state index in [0.717, 1.165) is 12.2 Å². The highest BCUT2D eigenvalue weighted by Crippen LogP contribution is 2.20. The summed E-state index contributed by atoms with van der Waals surface area (Å²) in [5.74, 6) is 0.999. The molecule has 0 bridgehead atoms. The Morgan fingerprint density at radius 3 is 2.72 bits per heavy atom. The van der Waals surface area contributed by atoms with Crippen molar-refractivity contribution in [2.75, 3.05) is 0 Å². The van der Waals surface area contributed by atoms with E-state index in [4.69, 9.17) is 0 Å². The van der Waals surface area contributed by atoms with Crippen molar-refractivity contribution in [3.8, 4) is 11.4 Å². The number of benzene rings is 1.